The van der Waals surface area contributed by atoms with Gasteiger partial charge in [-0.2, -0.15) is 0 Å². The summed E-state index contributed by atoms with van der Waals surface area (Å²) in [7, 11) is 0. The molecule has 0 aliphatic carbocycles. The van der Waals surface area contributed by atoms with Gasteiger partial charge in [-0.1, -0.05) is 66.6 Å². The van der Waals surface area contributed by atoms with Crippen LogP contribution in [0.3, 0.4) is 0 Å². The van der Waals surface area contributed by atoms with E-state index in [1.165, 1.54) is 5.56 Å². The molecular weight excluding hydrogens is 568 g/mol. The van der Waals surface area contributed by atoms with Gasteiger partial charge in [0.2, 0.25) is 6.43 Å². The van der Waals surface area contributed by atoms with Crippen molar-refractivity contribution in [3.8, 4) is 0 Å². The van der Waals surface area contributed by atoms with Gasteiger partial charge >= 0.3 is 5.97 Å². The number of carboxylic acid groups (broad SMARTS) is 1. The highest BCUT2D eigenvalue weighted by Gasteiger charge is 2.22. The number of nitrogens with zero attached hydrogens (tertiary/aromatic N) is 2. The number of aryl methyl sites for hydroxylation is 2. The lowest BCUT2D eigenvalue weighted by Crippen LogP contribution is -2.16. The maximum atomic E-state index is 13.1. The number of fused-ring (bicyclic) bond motifs is 1. The molecule has 3 heterocycles. The number of carbonyl (C=O) groups is 1. The third-order valence-corrected chi connectivity index (χ3v) is 8.37. The normalized spacial score (nSPS) is 16.6. The van der Waals surface area contributed by atoms with Crippen LogP contribution < -0.4 is 5.32 Å². The molecule has 0 saturated heterocycles. The van der Waals surface area contributed by atoms with E-state index < -0.39 is 18.3 Å². The summed E-state index contributed by atoms with van der Waals surface area (Å²) >= 11 is 0. The zero-order valence-electron chi connectivity index (χ0n) is 26.1. The van der Waals surface area contributed by atoms with Crippen LogP contribution in [0, 0.1) is 5.92 Å². The Labute approximate surface area is 266 Å². The number of hydrogen-bond acceptors (Lipinski definition) is 4. The van der Waals surface area contributed by atoms with Gasteiger partial charge in [-0.25, -0.2) is 13.8 Å². The van der Waals surface area contributed by atoms with E-state index in [1.54, 1.807) is 6.20 Å². The molecule has 0 bridgehead atoms. The average Bonchev–Trinajstić information content (AvgIpc) is 3.02. The molecule has 5 nitrogen and oxygen atoms in total. The van der Waals surface area contributed by atoms with Crippen molar-refractivity contribution in [1.82, 2.24) is 4.98 Å². The SMILES string of the molecule is C=C(CC1=C=CCC=N/C=C\1c1ccccc1)[C@@H](CCC=C(CCCCCc1ccc2c(n1)NCCC2)CCC(F)F)C(=O)O. The Morgan fingerprint density at radius 1 is 1.09 bits per heavy atom. The van der Waals surface area contributed by atoms with Crippen LogP contribution in [0.1, 0.15) is 87.4 Å². The summed E-state index contributed by atoms with van der Waals surface area (Å²) in [6, 6.07) is 14.1. The molecule has 0 spiro atoms. The van der Waals surface area contributed by atoms with E-state index in [4.69, 9.17) is 4.98 Å². The number of aliphatic imine (C=N–C) groups is 1. The standard InChI is InChI=1S/C38H45F2N3O2/c1-28(26-32-16-8-9-24-41-27-35(32)30-14-5-3-6-15-30)34(38(44)45)19-10-13-29(20-23-36(39)40)12-4-2-7-18-33-22-21-31-17-11-25-42-37(31)43-33/h3,5-6,8,13-15,21-22,24,27,34,36H,1-2,4,7,9-12,17-20,23,25-26H2,(H,42,43)(H,44,45)/b29-13?,35-27-,41-24?/t16?,34-/m1/s1. The van der Waals surface area contributed by atoms with Gasteiger partial charge < -0.3 is 10.4 Å². The summed E-state index contributed by atoms with van der Waals surface area (Å²) < 4.78 is 26.2. The van der Waals surface area contributed by atoms with Crippen molar-refractivity contribution in [2.45, 2.75) is 89.9 Å². The Kier molecular flexibility index (Phi) is 13.5. The zero-order valence-corrected chi connectivity index (χ0v) is 26.1. The van der Waals surface area contributed by atoms with Crippen molar-refractivity contribution in [2.75, 3.05) is 11.9 Å². The van der Waals surface area contributed by atoms with Gasteiger partial charge in [0.25, 0.3) is 0 Å². The molecule has 1 atom stereocenters. The molecule has 0 radical (unpaired) electrons. The number of rotatable bonds is 17. The quantitative estimate of drug-likeness (QED) is 0.106. The molecule has 0 fully saturated rings. The molecule has 0 unspecified atom stereocenters. The van der Waals surface area contributed by atoms with Crippen LogP contribution in [-0.2, 0) is 17.6 Å². The summed E-state index contributed by atoms with van der Waals surface area (Å²) in [5.41, 5.74) is 10.0. The van der Waals surface area contributed by atoms with Crippen molar-refractivity contribution in [3.05, 3.63) is 107 Å². The molecule has 2 aromatic rings. The third-order valence-electron chi connectivity index (χ3n) is 8.37. The molecule has 2 aliphatic heterocycles. The first kappa shape index (κ1) is 33.8. The minimum atomic E-state index is -2.36. The maximum Gasteiger partial charge on any atom is 0.310 e. The lowest BCUT2D eigenvalue weighted by molar-refractivity contribution is -0.140. The van der Waals surface area contributed by atoms with Gasteiger partial charge in [0, 0.05) is 55.1 Å². The Bertz CT molecular complexity index is 1450. The van der Waals surface area contributed by atoms with E-state index in [9.17, 15) is 18.7 Å². The van der Waals surface area contributed by atoms with Crippen LogP contribution in [0.5, 0.6) is 0 Å². The molecule has 2 aliphatic rings. The van der Waals surface area contributed by atoms with Crippen LogP contribution in [0.4, 0.5) is 14.6 Å². The second kappa shape index (κ2) is 18.0. The van der Waals surface area contributed by atoms with E-state index in [1.807, 2.05) is 48.7 Å². The molecule has 4 rings (SSSR count). The molecule has 1 aromatic heterocycles. The van der Waals surface area contributed by atoms with Gasteiger partial charge in [-0.3, -0.25) is 9.79 Å². The number of halogens is 2. The summed E-state index contributed by atoms with van der Waals surface area (Å²) in [6.07, 6.45) is 13.9. The second-order valence-electron chi connectivity index (χ2n) is 11.8. The molecule has 0 saturated carbocycles. The van der Waals surface area contributed by atoms with Crippen LogP contribution >= 0.6 is 0 Å². The number of nitrogens with one attached hydrogen (secondary N) is 1. The van der Waals surface area contributed by atoms with Crippen molar-refractivity contribution in [3.63, 3.8) is 0 Å². The minimum absolute atomic E-state index is 0.176. The summed E-state index contributed by atoms with van der Waals surface area (Å²) in [5.74, 6) is -0.665. The maximum absolute atomic E-state index is 13.1. The number of unbranched alkanes of at least 4 members (excludes halogenated alkanes) is 2. The van der Waals surface area contributed by atoms with Gasteiger partial charge in [0.05, 0.1) is 5.92 Å². The first-order chi connectivity index (χ1) is 21.9. The topological polar surface area (TPSA) is 74.6 Å². The predicted molar refractivity (Wildman–Crippen MR) is 180 cm³/mol. The lowest BCUT2D eigenvalue weighted by Gasteiger charge is -2.18. The number of anilines is 1. The van der Waals surface area contributed by atoms with Gasteiger partial charge in [0.15, 0.2) is 0 Å². The lowest BCUT2D eigenvalue weighted by atomic mass is 9.86. The first-order valence-corrected chi connectivity index (χ1v) is 16.2. The number of benzene rings is 1. The highest BCUT2D eigenvalue weighted by atomic mass is 19.3. The van der Waals surface area contributed by atoms with E-state index in [0.29, 0.717) is 37.7 Å². The Balaban J connectivity index is 1.31. The Morgan fingerprint density at radius 3 is 2.73 bits per heavy atom. The number of pyridine rings is 1. The fourth-order valence-electron chi connectivity index (χ4n) is 5.86. The summed E-state index contributed by atoms with van der Waals surface area (Å²) in [6.45, 7) is 5.15. The number of carboxylic acids is 1. The molecule has 1 aromatic carbocycles. The Morgan fingerprint density at radius 2 is 1.93 bits per heavy atom. The van der Waals surface area contributed by atoms with Crippen LogP contribution in [0.2, 0.25) is 0 Å². The van der Waals surface area contributed by atoms with Gasteiger partial charge in [-0.15, -0.1) is 5.73 Å². The molecule has 45 heavy (non-hydrogen) atoms. The average molecular weight is 614 g/mol. The van der Waals surface area contributed by atoms with Crippen LogP contribution in [-0.4, -0.2) is 35.2 Å². The summed E-state index contributed by atoms with van der Waals surface area (Å²) in [5, 5.41) is 13.5. The summed E-state index contributed by atoms with van der Waals surface area (Å²) in [4.78, 5) is 21.5. The van der Waals surface area contributed by atoms with E-state index in [2.05, 4.69) is 34.8 Å². The van der Waals surface area contributed by atoms with E-state index in [0.717, 1.165) is 85.3 Å². The number of aromatic nitrogens is 1. The number of allylic oxidation sites excluding steroid dienone is 4. The number of aliphatic carboxylic acids is 1. The monoisotopic (exact) mass is 613 g/mol. The highest BCUT2D eigenvalue weighted by Crippen LogP contribution is 2.32. The molecule has 0 amide bonds. The van der Waals surface area contributed by atoms with Crippen molar-refractivity contribution in [1.29, 1.82) is 0 Å². The van der Waals surface area contributed by atoms with Crippen LogP contribution in [0.25, 0.3) is 5.57 Å². The minimum Gasteiger partial charge on any atom is -0.481 e. The van der Waals surface area contributed by atoms with Crippen molar-refractivity contribution >= 4 is 23.6 Å². The smallest absolute Gasteiger partial charge is 0.310 e. The van der Waals surface area contributed by atoms with Crippen molar-refractivity contribution < 1.29 is 18.7 Å². The zero-order chi connectivity index (χ0) is 31.9. The van der Waals surface area contributed by atoms with Crippen molar-refractivity contribution in [2.24, 2.45) is 10.9 Å². The molecule has 2 N–H and O–H groups in total. The fourth-order valence-corrected chi connectivity index (χ4v) is 5.86. The Hall–Kier alpha value is -4.09. The predicted octanol–water partition coefficient (Wildman–Crippen LogP) is 9.54. The van der Waals surface area contributed by atoms with Crippen LogP contribution in [0.15, 0.2) is 94.8 Å². The fraction of sp³-hybridized carbons (Fsp3) is 0.421. The van der Waals surface area contributed by atoms with Gasteiger partial charge in [-0.05, 0) is 81.1 Å². The number of hydrogen-bond donors (Lipinski definition) is 2. The molecule has 238 valence electrons. The largest absolute Gasteiger partial charge is 0.481 e. The highest BCUT2D eigenvalue weighted by molar-refractivity contribution is 5.81. The van der Waals surface area contributed by atoms with E-state index in [-0.39, 0.29) is 6.42 Å². The molecular formula is C38H45F2N3O2. The first-order valence-electron chi connectivity index (χ1n) is 16.2. The second-order valence-corrected chi connectivity index (χ2v) is 11.8. The number of alkyl halides is 2. The van der Waals surface area contributed by atoms with Gasteiger partial charge in [0.1, 0.15) is 5.82 Å². The van der Waals surface area contributed by atoms with E-state index >= 15 is 0 Å². The third kappa shape index (κ3) is 11.1. The molecule has 7 heteroatoms.